The Labute approximate surface area is 161 Å². The fourth-order valence-corrected chi connectivity index (χ4v) is 3.17. The van der Waals surface area contributed by atoms with Gasteiger partial charge in [-0.1, -0.05) is 70.5 Å². The summed E-state index contributed by atoms with van der Waals surface area (Å²) in [6.07, 6.45) is 0.937. The minimum Gasteiger partial charge on any atom is -0.369 e. The van der Waals surface area contributed by atoms with Crippen molar-refractivity contribution in [2.24, 2.45) is 0 Å². The van der Waals surface area contributed by atoms with Crippen molar-refractivity contribution in [3.05, 3.63) is 88.9 Å². The smallest absolute Gasteiger partial charge is 0.162 e. The second kappa shape index (κ2) is 7.67. The van der Waals surface area contributed by atoms with Crippen LogP contribution < -0.4 is 5.32 Å². The molecule has 0 unspecified atom stereocenters. The molecule has 3 nitrogen and oxygen atoms in total. The van der Waals surface area contributed by atoms with Gasteiger partial charge in [-0.3, -0.25) is 0 Å². The SMILES string of the molecule is Brc1ccc(CCNc2nc(-c3ccccc3)nc3ccccc23)cc1. The molecular formula is C22H18BrN3. The monoisotopic (exact) mass is 403 g/mol. The molecule has 1 N–H and O–H groups in total. The third-order valence-electron chi connectivity index (χ3n) is 4.25. The van der Waals surface area contributed by atoms with E-state index in [0.717, 1.165) is 45.5 Å². The summed E-state index contributed by atoms with van der Waals surface area (Å²) in [4.78, 5) is 9.51. The summed E-state index contributed by atoms with van der Waals surface area (Å²) in [6, 6.07) is 26.6. The Morgan fingerprint density at radius 2 is 1.50 bits per heavy atom. The van der Waals surface area contributed by atoms with Gasteiger partial charge < -0.3 is 5.32 Å². The number of aromatic nitrogens is 2. The lowest BCUT2D eigenvalue weighted by Crippen LogP contribution is -2.08. The summed E-state index contributed by atoms with van der Waals surface area (Å²) in [5, 5.41) is 4.54. The molecular weight excluding hydrogens is 386 g/mol. The fourth-order valence-electron chi connectivity index (χ4n) is 2.90. The zero-order valence-electron chi connectivity index (χ0n) is 14.2. The number of benzene rings is 3. The molecule has 0 bridgehead atoms. The van der Waals surface area contributed by atoms with E-state index in [1.807, 2.05) is 48.5 Å². The van der Waals surface area contributed by atoms with Crippen LogP contribution in [0.25, 0.3) is 22.3 Å². The van der Waals surface area contributed by atoms with Crippen molar-refractivity contribution >= 4 is 32.7 Å². The quantitative estimate of drug-likeness (QED) is 0.463. The second-order valence-corrected chi connectivity index (χ2v) is 7.00. The Bertz CT molecular complexity index is 1010. The molecule has 0 spiro atoms. The van der Waals surface area contributed by atoms with Gasteiger partial charge in [0.2, 0.25) is 0 Å². The maximum atomic E-state index is 4.79. The van der Waals surface area contributed by atoms with Crippen LogP contribution in [0, 0.1) is 0 Å². The zero-order valence-corrected chi connectivity index (χ0v) is 15.8. The molecule has 4 rings (SSSR count). The summed E-state index contributed by atoms with van der Waals surface area (Å²) in [6.45, 7) is 0.816. The number of nitrogens with one attached hydrogen (secondary N) is 1. The van der Waals surface area contributed by atoms with Crippen LogP contribution in [0.4, 0.5) is 5.82 Å². The lowest BCUT2D eigenvalue weighted by atomic mass is 10.1. The van der Waals surface area contributed by atoms with Crippen molar-refractivity contribution in [3.63, 3.8) is 0 Å². The van der Waals surface area contributed by atoms with Gasteiger partial charge >= 0.3 is 0 Å². The number of hydrogen-bond acceptors (Lipinski definition) is 3. The molecule has 0 amide bonds. The molecule has 0 aliphatic heterocycles. The summed E-state index contributed by atoms with van der Waals surface area (Å²) >= 11 is 3.48. The number of fused-ring (bicyclic) bond motifs is 1. The number of nitrogens with zero attached hydrogens (tertiary/aromatic N) is 2. The first-order valence-corrected chi connectivity index (χ1v) is 9.39. The number of anilines is 1. The summed E-state index contributed by atoms with van der Waals surface area (Å²) in [7, 11) is 0. The maximum Gasteiger partial charge on any atom is 0.162 e. The van der Waals surface area contributed by atoms with Gasteiger partial charge in [0.1, 0.15) is 5.82 Å². The molecule has 4 heteroatoms. The molecule has 128 valence electrons. The van der Waals surface area contributed by atoms with Crippen molar-refractivity contribution in [2.45, 2.75) is 6.42 Å². The van der Waals surface area contributed by atoms with E-state index in [1.165, 1.54) is 5.56 Å². The van der Waals surface area contributed by atoms with Crippen LogP contribution in [-0.4, -0.2) is 16.5 Å². The van der Waals surface area contributed by atoms with Crippen molar-refractivity contribution in [1.82, 2.24) is 9.97 Å². The normalized spacial score (nSPS) is 10.8. The Morgan fingerprint density at radius 1 is 0.769 bits per heavy atom. The Kier molecular flexibility index (Phi) is 4.93. The number of para-hydroxylation sites is 1. The van der Waals surface area contributed by atoms with E-state index in [-0.39, 0.29) is 0 Å². The van der Waals surface area contributed by atoms with Gasteiger partial charge in [0.15, 0.2) is 5.82 Å². The topological polar surface area (TPSA) is 37.8 Å². The largest absolute Gasteiger partial charge is 0.369 e. The Balaban J connectivity index is 1.61. The van der Waals surface area contributed by atoms with E-state index in [1.54, 1.807) is 0 Å². The molecule has 0 fully saturated rings. The van der Waals surface area contributed by atoms with Gasteiger partial charge in [-0.2, -0.15) is 0 Å². The van der Waals surface area contributed by atoms with Crippen LogP contribution in [0.5, 0.6) is 0 Å². The summed E-state index contributed by atoms with van der Waals surface area (Å²) < 4.78 is 1.10. The first-order valence-electron chi connectivity index (χ1n) is 8.60. The number of rotatable bonds is 5. The van der Waals surface area contributed by atoms with Crippen LogP contribution in [0.15, 0.2) is 83.3 Å². The molecule has 0 radical (unpaired) electrons. The number of halogens is 1. The maximum absolute atomic E-state index is 4.79. The minimum absolute atomic E-state index is 0.746. The third kappa shape index (κ3) is 3.75. The molecule has 1 heterocycles. The lowest BCUT2D eigenvalue weighted by Gasteiger charge is -2.11. The first kappa shape index (κ1) is 16.7. The van der Waals surface area contributed by atoms with E-state index >= 15 is 0 Å². The third-order valence-corrected chi connectivity index (χ3v) is 4.78. The molecule has 1 aromatic heterocycles. The lowest BCUT2D eigenvalue weighted by molar-refractivity contribution is 1.01. The van der Waals surface area contributed by atoms with E-state index < -0.39 is 0 Å². The predicted molar refractivity (Wildman–Crippen MR) is 111 cm³/mol. The highest BCUT2D eigenvalue weighted by Gasteiger charge is 2.08. The van der Waals surface area contributed by atoms with Crippen LogP contribution in [-0.2, 0) is 6.42 Å². The van der Waals surface area contributed by atoms with Crippen molar-refractivity contribution in [3.8, 4) is 11.4 Å². The minimum atomic E-state index is 0.746. The highest BCUT2D eigenvalue weighted by Crippen LogP contribution is 2.24. The van der Waals surface area contributed by atoms with Crippen LogP contribution in [0.3, 0.4) is 0 Å². The molecule has 3 aromatic carbocycles. The highest BCUT2D eigenvalue weighted by atomic mass is 79.9. The molecule has 0 aliphatic carbocycles. The molecule has 0 atom stereocenters. The van der Waals surface area contributed by atoms with Gasteiger partial charge in [-0.15, -0.1) is 0 Å². The van der Waals surface area contributed by atoms with E-state index in [2.05, 4.69) is 51.6 Å². The summed E-state index contributed by atoms with van der Waals surface area (Å²) in [5.41, 5.74) is 3.27. The van der Waals surface area contributed by atoms with Crippen molar-refractivity contribution in [1.29, 1.82) is 0 Å². The average molecular weight is 404 g/mol. The molecule has 0 aliphatic rings. The Hall–Kier alpha value is -2.72. The van der Waals surface area contributed by atoms with Crippen LogP contribution in [0.1, 0.15) is 5.56 Å². The molecule has 26 heavy (non-hydrogen) atoms. The second-order valence-electron chi connectivity index (χ2n) is 6.08. The first-order chi connectivity index (χ1) is 12.8. The Morgan fingerprint density at radius 3 is 2.31 bits per heavy atom. The van der Waals surface area contributed by atoms with Gasteiger partial charge in [-0.05, 0) is 36.2 Å². The standard InChI is InChI=1S/C22H18BrN3/c23-18-12-10-16(11-13-18)14-15-24-22-19-8-4-5-9-20(19)25-21(26-22)17-6-2-1-3-7-17/h1-13H,14-15H2,(H,24,25,26). The van der Waals surface area contributed by atoms with E-state index in [9.17, 15) is 0 Å². The van der Waals surface area contributed by atoms with Gasteiger partial charge in [0, 0.05) is 22.0 Å². The van der Waals surface area contributed by atoms with E-state index in [0.29, 0.717) is 0 Å². The molecule has 0 saturated carbocycles. The van der Waals surface area contributed by atoms with Crippen LogP contribution in [0.2, 0.25) is 0 Å². The zero-order chi connectivity index (χ0) is 17.8. The highest BCUT2D eigenvalue weighted by molar-refractivity contribution is 9.10. The molecule has 0 saturated heterocycles. The average Bonchev–Trinajstić information content (AvgIpc) is 2.70. The van der Waals surface area contributed by atoms with Crippen molar-refractivity contribution < 1.29 is 0 Å². The van der Waals surface area contributed by atoms with Gasteiger partial charge in [-0.25, -0.2) is 9.97 Å². The van der Waals surface area contributed by atoms with Crippen LogP contribution >= 0.6 is 15.9 Å². The number of hydrogen-bond donors (Lipinski definition) is 1. The van der Waals surface area contributed by atoms with Gasteiger partial charge in [0.25, 0.3) is 0 Å². The predicted octanol–water partition coefficient (Wildman–Crippen LogP) is 5.71. The van der Waals surface area contributed by atoms with Gasteiger partial charge in [0.05, 0.1) is 5.52 Å². The van der Waals surface area contributed by atoms with E-state index in [4.69, 9.17) is 9.97 Å². The summed E-state index contributed by atoms with van der Waals surface area (Å²) in [5.74, 6) is 1.63. The fraction of sp³-hybridized carbons (Fsp3) is 0.0909. The molecule has 4 aromatic rings. The van der Waals surface area contributed by atoms with Crippen molar-refractivity contribution in [2.75, 3.05) is 11.9 Å².